The Morgan fingerprint density at radius 3 is 2.21 bits per heavy atom. The number of ether oxygens (including phenoxy) is 1. The van der Waals surface area contributed by atoms with E-state index < -0.39 is 0 Å². The van der Waals surface area contributed by atoms with Gasteiger partial charge in [0.05, 0.1) is 7.11 Å². The number of rotatable bonds is 7. The number of methoxy groups -OCH3 is 1. The fraction of sp³-hybridized carbons (Fsp3) is 0.556. The van der Waals surface area contributed by atoms with Gasteiger partial charge in [0.25, 0.3) is 0 Å². The maximum absolute atomic E-state index is 5.52. The molecule has 6 rings (SSSR count). The van der Waals surface area contributed by atoms with Crippen molar-refractivity contribution >= 4 is 0 Å². The van der Waals surface area contributed by atoms with Crippen LogP contribution in [0, 0.1) is 29.6 Å². The van der Waals surface area contributed by atoms with Crippen LogP contribution in [-0.2, 0) is 0 Å². The summed E-state index contributed by atoms with van der Waals surface area (Å²) in [7, 11) is 1.74. The van der Waals surface area contributed by atoms with E-state index in [4.69, 9.17) is 4.74 Å². The van der Waals surface area contributed by atoms with Crippen LogP contribution in [-0.4, -0.2) is 13.7 Å². The van der Waals surface area contributed by atoms with Crippen LogP contribution in [0.15, 0.2) is 48.5 Å². The zero-order valence-electron chi connectivity index (χ0n) is 17.9. The summed E-state index contributed by atoms with van der Waals surface area (Å²) in [6.07, 6.45) is 9.09. The normalized spacial score (nSPS) is 31.0. The fourth-order valence-corrected chi connectivity index (χ4v) is 6.93. The molecule has 4 fully saturated rings. The van der Waals surface area contributed by atoms with Crippen LogP contribution in [0.4, 0.5) is 0 Å². The molecule has 0 heterocycles. The highest BCUT2D eigenvalue weighted by Crippen LogP contribution is 2.57. The Hall–Kier alpha value is -1.80. The maximum atomic E-state index is 5.52. The Morgan fingerprint density at radius 2 is 1.55 bits per heavy atom. The van der Waals surface area contributed by atoms with Crippen LogP contribution < -0.4 is 10.1 Å². The van der Waals surface area contributed by atoms with Crippen molar-refractivity contribution in [2.75, 3.05) is 13.7 Å². The Bertz CT molecular complexity index is 799. The molecule has 0 aromatic heterocycles. The lowest BCUT2D eigenvalue weighted by Gasteiger charge is -2.54. The van der Waals surface area contributed by atoms with Gasteiger partial charge in [0.1, 0.15) is 5.75 Å². The average molecular weight is 390 g/mol. The third-order valence-corrected chi connectivity index (χ3v) is 8.18. The summed E-state index contributed by atoms with van der Waals surface area (Å²) >= 11 is 0. The lowest BCUT2D eigenvalue weighted by Crippen LogP contribution is -2.45. The molecule has 1 atom stereocenters. The second-order valence-corrected chi connectivity index (χ2v) is 9.88. The first kappa shape index (κ1) is 19.2. The molecule has 154 valence electrons. The van der Waals surface area contributed by atoms with Crippen LogP contribution in [0.2, 0.25) is 0 Å². The van der Waals surface area contributed by atoms with Gasteiger partial charge in [-0.2, -0.15) is 0 Å². The standard InChI is InChI=1S/C27H35NO/c1-18(21-7-9-22(10-8-21)26-5-3-4-6-27(26)29-2)28-12-11-25-23-14-19-13-20(16-23)17-24(25)15-19/h3-10,18-20,23-25,28H,11-17H2,1-2H3. The van der Waals surface area contributed by atoms with Crippen LogP contribution >= 0.6 is 0 Å². The monoisotopic (exact) mass is 389 g/mol. The molecule has 0 spiro atoms. The smallest absolute Gasteiger partial charge is 0.126 e. The van der Waals surface area contributed by atoms with E-state index in [-0.39, 0.29) is 0 Å². The molecule has 4 bridgehead atoms. The van der Waals surface area contributed by atoms with Crippen molar-refractivity contribution in [3.05, 3.63) is 54.1 Å². The van der Waals surface area contributed by atoms with Crippen LogP contribution in [0.1, 0.15) is 57.1 Å². The number of hydrogen-bond donors (Lipinski definition) is 1. The Kier molecular flexibility index (Phi) is 5.39. The van der Waals surface area contributed by atoms with E-state index in [1.807, 2.05) is 12.1 Å². The summed E-state index contributed by atoms with van der Waals surface area (Å²) in [5.74, 6) is 6.19. The van der Waals surface area contributed by atoms with Crippen molar-refractivity contribution in [1.82, 2.24) is 5.32 Å². The molecule has 0 aliphatic heterocycles. The molecule has 2 aromatic rings. The lowest BCUT2D eigenvalue weighted by atomic mass is 9.51. The van der Waals surface area contributed by atoms with Gasteiger partial charge in [0.2, 0.25) is 0 Å². The summed E-state index contributed by atoms with van der Waals surface area (Å²) in [6.45, 7) is 3.46. The average Bonchev–Trinajstić information content (AvgIpc) is 2.75. The third kappa shape index (κ3) is 3.84. The molecule has 0 amide bonds. The summed E-state index contributed by atoms with van der Waals surface area (Å²) in [5.41, 5.74) is 3.74. The van der Waals surface area contributed by atoms with E-state index in [9.17, 15) is 0 Å². The molecule has 2 heteroatoms. The van der Waals surface area contributed by atoms with E-state index >= 15 is 0 Å². The van der Waals surface area contributed by atoms with E-state index in [0.29, 0.717) is 6.04 Å². The third-order valence-electron chi connectivity index (χ3n) is 8.18. The van der Waals surface area contributed by atoms with Crippen LogP contribution in [0.25, 0.3) is 11.1 Å². The summed E-state index contributed by atoms with van der Waals surface area (Å²) in [5, 5.41) is 3.82. The lowest BCUT2D eigenvalue weighted by molar-refractivity contribution is -0.0394. The molecule has 2 aromatic carbocycles. The van der Waals surface area contributed by atoms with Crippen molar-refractivity contribution in [3.8, 4) is 16.9 Å². The fourth-order valence-electron chi connectivity index (χ4n) is 6.93. The minimum Gasteiger partial charge on any atom is -0.496 e. The van der Waals surface area contributed by atoms with Gasteiger partial charge in [0, 0.05) is 11.6 Å². The first-order valence-corrected chi connectivity index (χ1v) is 11.7. The summed E-state index contributed by atoms with van der Waals surface area (Å²) in [4.78, 5) is 0. The largest absolute Gasteiger partial charge is 0.496 e. The molecule has 1 N–H and O–H groups in total. The molecular formula is C27H35NO. The quantitative estimate of drug-likeness (QED) is 0.585. The minimum atomic E-state index is 0.401. The van der Waals surface area contributed by atoms with E-state index in [0.717, 1.165) is 47.4 Å². The van der Waals surface area contributed by atoms with Gasteiger partial charge in [-0.3, -0.25) is 0 Å². The van der Waals surface area contributed by atoms with Gasteiger partial charge in [0.15, 0.2) is 0 Å². The highest BCUT2D eigenvalue weighted by Gasteiger charge is 2.47. The molecule has 1 unspecified atom stereocenters. The predicted molar refractivity (Wildman–Crippen MR) is 120 cm³/mol. The van der Waals surface area contributed by atoms with Crippen molar-refractivity contribution in [2.24, 2.45) is 29.6 Å². The molecule has 0 radical (unpaired) electrons. The molecule has 0 saturated heterocycles. The van der Waals surface area contributed by atoms with Crippen molar-refractivity contribution < 1.29 is 4.74 Å². The SMILES string of the molecule is COc1ccccc1-c1ccc(C(C)NCCC2C3CC4CC(C3)CC2C4)cc1. The number of para-hydroxylation sites is 1. The minimum absolute atomic E-state index is 0.401. The number of hydrogen-bond acceptors (Lipinski definition) is 2. The van der Waals surface area contributed by atoms with Crippen molar-refractivity contribution in [1.29, 1.82) is 0 Å². The second-order valence-electron chi connectivity index (χ2n) is 9.88. The maximum Gasteiger partial charge on any atom is 0.126 e. The molecule has 4 aliphatic carbocycles. The first-order chi connectivity index (χ1) is 14.2. The van der Waals surface area contributed by atoms with Gasteiger partial charge >= 0.3 is 0 Å². The van der Waals surface area contributed by atoms with E-state index in [1.54, 1.807) is 13.5 Å². The predicted octanol–water partition coefficient (Wildman–Crippen LogP) is 6.48. The van der Waals surface area contributed by atoms with Crippen molar-refractivity contribution in [3.63, 3.8) is 0 Å². The highest BCUT2D eigenvalue weighted by molar-refractivity contribution is 5.70. The molecule has 29 heavy (non-hydrogen) atoms. The molecule has 4 saturated carbocycles. The Morgan fingerprint density at radius 1 is 0.897 bits per heavy atom. The topological polar surface area (TPSA) is 21.3 Å². The Balaban J connectivity index is 1.17. The van der Waals surface area contributed by atoms with Crippen LogP contribution in [0.5, 0.6) is 5.75 Å². The van der Waals surface area contributed by atoms with E-state index in [1.165, 1.54) is 43.2 Å². The molecule has 2 nitrogen and oxygen atoms in total. The summed E-state index contributed by atoms with van der Waals surface area (Å²) < 4.78 is 5.52. The number of benzene rings is 2. The van der Waals surface area contributed by atoms with Crippen molar-refractivity contribution in [2.45, 2.75) is 51.5 Å². The summed E-state index contributed by atoms with van der Waals surface area (Å²) in [6, 6.07) is 17.6. The molecular weight excluding hydrogens is 354 g/mol. The van der Waals surface area contributed by atoms with Gasteiger partial charge in [-0.1, -0.05) is 42.5 Å². The van der Waals surface area contributed by atoms with Gasteiger partial charge in [-0.25, -0.2) is 0 Å². The zero-order valence-corrected chi connectivity index (χ0v) is 17.9. The van der Waals surface area contributed by atoms with Gasteiger partial charge in [-0.05, 0) is 98.8 Å². The zero-order chi connectivity index (χ0) is 19.8. The highest BCUT2D eigenvalue weighted by atomic mass is 16.5. The van der Waals surface area contributed by atoms with Gasteiger partial charge < -0.3 is 10.1 Å². The Labute approximate surface area is 176 Å². The first-order valence-electron chi connectivity index (χ1n) is 11.7. The van der Waals surface area contributed by atoms with Gasteiger partial charge in [-0.15, -0.1) is 0 Å². The molecule has 4 aliphatic rings. The van der Waals surface area contributed by atoms with Crippen LogP contribution in [0.3, 0.4) is 0 Å². The second kappa shape index (κ2) is 8.14. The number of nitrogens with one attached hydrogen (secondary N) is 1. The van der Waals surface area contributed by atoms with E-state index in [2.05, 4.69) is 48.6 Å².